The van der Waals surface area contributed by atoms with Crippen molar-refractivity contribution in [3.63, 3.8) is 0 Å². The summed E-state index contributed by atoms with van der Waals surface area (Å²) in [5, 5.41) is 5.36. The highest BCUT2D eigenvalue weighted by atomic mass is 19.1. The lowest BCUT2D eigenvalue weighted by Crippen LogP contribution is -2.41. The molecule has 7 nitrogen and oxygen atoms in total. The molecule has 1 aliphatic rings. The summed E-state index contributed by atoms with van der Waals surface area (Å²) in [7, 11) is 2.88. The van der Waals surface area contributed by atoms with Crippen LogP contribution in [0.1, 0.15) is 60.6 Å². The third-order valence-corrected chi connectivity index (χ3v) is 6.17. The third-order valence-electron chi connectivity index (χ3n) is 6.17. The summed E-state index contributed by atoms with van der Waals surface area (Å²) in [5.74, 6) is -0.378. The zero-order chi connectivity index (χ0) is 24.1. The second kappa shape index (κ2) is 8.34. The van der Waals surface area contributed by atoms with Crippen LogP contribution in [0.25, 0.3) is 10.9 Å². The molecule has 2 heterocycles. The Morgan fingerprint density at radius 2 is 1.81 bits per heavy atom. The van der Waals surface area contributed by atoms with E-state index in [4.69, 9.17) is 14.0 Å². The first kappa shape index (κ1) is 24.5. The topological polar surface area (TPSA) is 65.8 Å². The van der Waals surface area contributed by atoms with Gasteiger partial charge in [0.05, 0.1) is 16.7 Å². The van der Waals surface area contributed by atoms with Crippen molar-refractivity contribution in [2.24, 2.45) is 7.05 Å². The maximum absolute atomic E-state index is 14.4. The minimum Gasteiger partial charge on any atom is -0.444 e. The number of hydrogen-bond acceptors (Lipinski definition) is 5. The van der Waals surface area contributed by atoms with Crippen LogP contribution in [0.2, 0.25) is 0 Å². The molecule has 1 amide bonds. The molecule has 9 heteroatoms. The molecule has 0 spiro atoms. The molecular formula is C23H35BFN3O4. The van der Waals surface area contributed by atoms with Crippen LogP contribution < -0.4 is 5.46 Å². The van der Waals surface area contributed by atoms with Gasteiger partial charge in [0.2, 0.25) is 0 Å². The number of fused-ring (bicyclic) bond motifs is 1. The van der Waals surface area contributed by atoms with E-state index in [9.17, 15) is 9.18 Å². The minimum absolute atomic E-state index is 0.354. The maximum Gasteiger partial charge on any atom is 0.495 e. The Morgan fingerprint density at radius 3 is 2.38 bits per heavy atom. The largest absolute Gasteiger partial charge is 0.495 e. The molecule has 0 unspecified atom stereocenters. The van der Waals surface area contributed by atoms with Gasteiger partial charge >= 0.3 is 13.2 Å². The molecular weight excluding hydrogens is 412 g/mol. The third kappa shape index (κ3) is 4.93. The molecule has 1 aromatic heterocycles. The maximum atomic E-state index is 14.4. The molecule has 176 valence electrons. The number of nitrogens with zero attached hydrogens (tertiary/aromatic N) is 3. The minimum atomic E-state index is -0.689. The molecule has 2 aromatic rings. The van der Waals surface area contributed by atoms with E-state index in [1.165, 1.54) is 12.1 Å². The zero-order valence-electron chi connectivity index (χ0n) is 20.7. The van der Waals surface area contributed by atoms with Crippen LogP contribution in [0, 0.1) is 5.82 Å². The monoisotopic (exact) mass is 447 g/mol. The summed E-state index contributed by atoms with van der Waals surface area (Å²) < 4.78 is 34.0. The molecule has 1 aromatic carbocycles. The van der Waals surface area contributed by atoms with Crippen LogP contribution in [-0.4, -0.2) is 58.3 Å². The number of aryl methyl sites for hydroxylation is 2. The van der Waals surface area contributed by atoms with E-state index in [0.29, 0.717) is 30.4 Å². The molecule has 0 aliphatic carbocycles. The first-order valence-corrected chi connectivity index (χ1v) is 11.1. The van der Waals surface area contributed by atoms with Crippen molar-refractivity contribution < 1.29 is 23.2 Å². The Labute approximate surface area is 190 Å². The molecule has 1 fully saturated rings. The van der Waals surface area contributed by atoms with Crippen LogP contribution in [-0.2, 0) is 27.5 Å². The predicted octanol–water partition coefficient (Wildman–Crippen LogP) is 3.81. The van der Waals surface area contributed by atoms with Gasteiger partial charge in [0.15, 0.2) is 0 Å². The number of benzene rings is 1. The van der Waals surface area contributed by atoms with Gasteiger partial charge in [-0.1, -0.05) is 0 Å². The molecule has 32 heavy (non-hydrogen) atoms. The van der Waals surface area contributed by atoms with E-state index in [1.807, 2.05) is 55.5 Å². The van der Waals surface area contributed by atoms with Crippen molar-refractivity contribution in [3.05, 3.63) is 23.6 Å². The summed E-state index contributed by atoms with van der Waals surface area (Å²) in [6.45, 7) is 13.9. The highest BCUT2D eigenvalue weighted by Crippen LogP contribution is 2.37. The average molecular weight is 447 g/mol. The number of aromatic nitrogens is 2. The van der Waals surface area contributed by atoms with Crippen molar-refractivity contribution >= 4 is 29.6 Å². The quantitative estimate of drug-likeness (QED) is 0.653. The van der Waals surface area contributed by atoms with E-state index in [2.05, 4.69) is 5.10 Å². The molecule has 1 saturated heterocycles. The van der Waals surface area contributed by atoms with Crippen LogP contribution in [0.5, 0.6) is 0 Å². The van der Waals surface area contributed by atoms with Gasteiger partial charge in [-0.3, -0.25) is 4.68 Å². The van der Waals surface area contributed by atoms with Gasteiger partial charge in [-0.25, -0.2) is 9.18 Å². The van der Waals surface area contributed by atoms with Crippen molar-refractivity contribution in [2.75, 3.05) is 13.6 Å². The van der Waals surface area contributed by atoms with Gasteiger partial charge < -0.3 is 18.9 Å². The number of halogens is 1. The second-order valence-corrected chi connectivity index (χ2v) is 10.6. The number of rotatable bonds is 5. The SMILES string of the molecule is CN(CCCc1c2c(B3OC(C)(C)C(C)(C)O3)cc(F)cc2nn1C)C(=O)OC(C)(C)C. The molecule has 0 radical (unpaired) electrons. The van der Waals surface area contributed by atoms with Crippen LogP contribution >= 0.6 is 0 Å². The Kier molecular flexibility index (Phi) is 6.39. The summed E-state index contributed by atoms with van der Waals surface area (Å²) in [6, 6.07) is 2.91. The van der Waals surface area contributed by atoms with Crippen molar-refractivity contribution in [1.29, 1.82) is 0 Å². The molecule has 1 aliphatic heterocycles. The Morgan fingerprint density at radius 1 is 1.22 bits per heavy atom. The van der Waals surface area contributed by atoms with E-state index in [0.717, 1.165) is 11.1 Å². The average Bonchev–Trinajstić information content (AvgIpc) is 3.04. The molecule has 0 N–H and O–H groups in total. The van der Waals surface area contributed by atoms with E-state index < -0.39 is 23.9 Å². The second-order valence-electron chi connectivity index (χ2n) is 10.6. The fourth-order valence-electron chi connectivity index (χ4n) is 3.75. The van der Waals surface area contributed by atoms with Gasteiger partial charge in [0.25, 0.3) is 0 Å². The highest BCUT2D eigenvalue weighted by molar-refractivity contribution is 6.65. The van der Waals surface area contributed by atoms with Crippen LogP contribution in [0.15, 0.2) is 12.1 Å². The van der Waals surface area contributed by atoms with Crippen molar-refractivity contribution in [2.45, 2.75) is 78.1 Å². The summed E-state index contributed by atoms with van der Waals surface area (Å²) in [5.41, 5.74) is 0.548. The normalized spacial score (nSPS) is 17.8. The van der Waals surface area contributed by atoms with Crippen molar-refractivity contribution in [3.8, 4) is 0 Å². The molecule has 0 bridgehead atoms. The lowest BCUT2D eigenvalue weighted by molar-refractivity contribution is 0.00578. The molecule has 3 rings (SSSR count). The fourth-order valence-corrected chi connectivity index (χ4v) is 3.75. The van der Waals surface area contributed by atoms with Crippen LogP contribution in [0.4, 0.5) is 9.18 Å². The van der Waals surface area contributed by atoms with Gasteiger partial charge in [-0.05, 0) is 72.8 Å². The lowest BCUT2D eigenvalue weighted by atomic mass is 9.76. The standard InChI is InChI=1S/C23H35BFN3O4/c1-21(2,3)30-20(29)27(8)12-10-11-18-19-16(13-15(25)14-17(19)26-28(18)9)24-31-22(4,5)23(6,7)32-24/h13-14H,10-12H2,1-9H3. The Balaban J connectivity index is 1.84. The summed E-state index contributed by atoms with van der Waals surface area (Å²) in [4.78, 5) is 13.8. The highest BCUT2D eigenvalue weighted by Gasteiger charge is 2.52. The van der Waals surface area contributed by atoms with E-state index in [1.54, 1.807) is 16.6 Å². The predicted molar refractivity (Wildman–Crippen MR) is 124 cm³/mol. The number of carbonyl (C=O) groups is 1. The summed E-state index contributed by atoms with van der Waals surface area (Å²) in [6.07, 6.45) is 0.996. The first-order valence-electron chi connectivity index (χ1n) is 11.1. The Hall–Kier alpha value is -2.13. The zero-order valence-corrected chi connectivity index (χ0v) is 20.7. The number of carbonyl (C=O) groups excluding carboxylic acids is 1. The van der Waals surface area contributed by atoms with Gasteiger partial charge in [-0.2, -0.15) is 5.10 Å². The summed E-state index contributed by atoms with van der Waals surface area (Å²) >= 11 is 0. The molecule has 0 saturated carbocycles. The fraction of sp³-hybridized carbons (Fsp3) is 0.652. The van der Waals surface area contributed by atoms with Gasteiger partial charge in [0.1, 0.15) is 11.4 Å². The number of ether oxygens (including phenoxy) is 1. The first-order chi connectivity index (χ1) is 14.6. The van der Waals surface area contributed by atoms with Crippen LogP contribution in [0.3, 0.4) is 0 Å². The smallest absolute Gasteiger partial charge is 0.444 e. The van der Waals surface area contributed by atoms with Gasteiger partial charge in [-0.15, -0.1) is 0 Å². The number of amides is 1. The molecule has 0 atom stereocenters. The van der Waals surface area contributed by atoms with Crippen molar-refractivity contribution in [1.82, 2.24) is 14.7 Å². The lowest BCUT2D eigenvalue weighted by Gasteiger charge is -2.32. The number of hydrogen-bond donors (Lipinski definition) is 0. The van der Waals surface area contributed by atoms with E-state index in [-0.39, 0.29) is 11.9 Å². The van der Waals surface area contributed by atoms with E-state index >= 15 is 0 Å². The van der Waals surface area contributed by atoms with Gasteiger partial charge in [0, 0.05) is 37.8 Å². The Bertz CT molecular complexity index is 997.